The third kappa shape index (κ3) is 5.30. The van der Waals surface area contributed by atoms with Gasteiger partial charge in [0.2, 0.25) is 5.91 Å². The second-order valence-corrected chi connectivity index (χ2v) is 4.63. The zero-order valence-electron chi connectivity index (χ0n) is 12.2. The average Bonchev–Trinajstić information content (AvgIpc) is 2.43. The summed E-state index contributed by atoms with van der Waals surface area (Å²) in [5.41, 5.74) is 0.967. The lowest BCUT2D eigenvalue weighted by molar-refractivity contribution is -0.129. The minimum Gasteiger partial charge on any atom is -0.484 e. The number of para-hydroxylation sites is 1. The SMILES string of the molecule is CCCNC(=O)[C@@H](C)NC(=O)COc1ccccc1C. The summed E-state index contributed by atoms with van der Waals surface area (Å²) in [7, 11) is 0. The Labute approximate surface area is 119 Å². The molecule has 0 aliphatic carbocycles. The van der Waals surface area contributed by atoms with E-state index in [1.54, 1.807) is 13.0 Å². The fourth-order valence-corrected chi connectivity index (χ4v) is 1.61. The van der Waals surface area contributed by atoms with Crippen molar-refractivity contribution in [3.63, 3.8) is 0 Å². The van der Waals surface area contributed by atoms with E-state index in [1.165, 1.54) is 0 Å². The largest absolute Gasteiger partial charge is 0.484 e. The van der Waals surface area contributed by atoms with Crippen molar-refractivity contribution in [2.45, 2.75) is 33.2 Å². The molecule has 1 rings (SSSR count). The van der Waals surface area contributed by atoms with Crippen molar-refractivity contribution in [3.05, 3.63) is 29.8 Å². The molecule has 1 aromatic rings. The van der Waals surface area contributed by atoms with Crippen LogP contribution in [-0.4, -0.2) is 31.0 Å². The van der Waals surface area contributed by atoms with Gasteiger partial charge in [-0.1, -0.05) is 25.1 Å². The number of benzene rings is 1. The summed E-state index contributed by atoms with van der Waals surface area (Å²) in [6.07, 6.45) is 0.864. The molecular weight excluding hydrogens is 256 g/mol. The highest BCUT2D eigenvalue weighted by atomic mass is 16.5. The summed E-state index contributed by atoms with van der Waals surface area (Å²) < 4.78 is 5.42. The third-order valence-electron chi connectivity index (χ3n) is 2.77. The summed E-state index contributed by atoms with van der Waals surface area (Å²) in [6, 6.07) is 6.91. The Balaban J connectivity index is 2.37. The number of carbonyl (C=O) groups excluding carboxylic acids is 2. The van der Waals surface area contributed by atoms with Crippen LogP contribution in [0.1, 0.15) is 25.8 Å². The molecule has 0 fully saturated rings. The van der Waals surface area contributed by atoms with Gasteiger partial charge in [0.15, 0.2) is 6.61 Å². The van der Waals surface area contributed by atoms with E-state index >= 15 is 0 Å². The molecule has 5 heteroatoms. The van der Waals surface area contributed by atoms with E-state index < -0.39 is 6.04 Å². The molecule has 110 valence electrons. The Morgan fingerprint density at radius 3 is 2.65 bits per heavy atom. The summed E-state index contributed by atoms with van der Waals surface area (Å²) >= 11 is 0. The van der Waals surface area contributed by atoms with Crippen molar-refractivity contribution in [3.8, 4) is 5.75 Å². The van der Waals surface area contributed by atoms with Gasteiger partial charge in [-0.3, -0.25) is 9.59 Å². The zero-order valence-corrected chi connectivity index (χ0v) is 12.2. The van der Waals surface area contributed by atoms with Gasteiger partial charge >= 0.3 is 0 Å². The zero-order chi connectivity index (χ0) is 15.0. The van der Waals surface area contributed by atoms with Crippen LogP contribution in [0.15, 0.2) is 24.3 Å². The maximum atomic E-state index is 11.7. The Morgan fingerprint density at radius 2 is 2.00 bits per heavy atom. The molecule has 1 aromatic carbocycles. The molecule has 2 N–H and O–H groups in total. The number of rotatable bonds is 7. The minimum atomic E-state index is -0.561. The number of amides is 2. The van der Waals surface area contributed by atoms with Gasteiger partial charge in [-0.05, 0) is 31.9 Å². The van der Waals surface area contributed by atoms with E-state index in [2.05, 4.69) is 10.6 Å². The predicted octanol–water partition coefficient (Wildman–Crippen LogP) is 1.40. The topological polar surface area (TPSA) is 67.4 Å². The summed E-state index contributed by atoms with van der Waals surface area (Å²) in [6.45, 7) is 6.04. The fraction of sp³-hybridized carbons (Fsp3) is 0.467. The number of ether oxygens (including phenoxy) is 1. The highest BCUT2D eigenvalue weighted by molar-refractivity contribution is 5.87. The van der Waals surface area contributed by atoms with Gasteiger partial charge in [-0.15, -0.1) is 0 Å². The number of carbonyl (C=O) groups is 2. The van der Waals surface area contributed by atoms with Crippen molar-refractivity contribution < 1.29 is 14.3 Å². The Hall–Kier alpha value is -2.04. The van der Waals surface area contributed by atoms with Gasteiger partial charge in [0.25, 0.3) is 5.91 Å². The Bertz CT molecular complexity index is 460. The molecule has 0 saturated heterocycles. The first-order valence-electron chi connectivity index (χ1n) is 6.80. The summed E-state index contributed by atoms with van der Waals surface area (Å²) in [4.78, 5) is 23.3. The molecule has 0 unspecified atom stereocenters. The highest BCUT2D eigenvalue weighted by Crippen LogP contribution is 2.15. The van der Waals surface area contributed by atoms with Crippen LogP contribution < -0.4 is 15.4 Å². The van der Waals surface area contributed by atoms with Crippen molar-refractivity contribution >= 4 is 11.8 Å². The first-order chi connectivity index (χ1) is 9.54. The summed E-state index contributed by atoms with van der Waals surface area (Å²) in [5, 5.41) is 5.33. The molecule has 0 spiro atoms. The second-order valence-electron chi connectivity index (χ2n) is 4.63. The van der Waals surface area contributed by atoms with Crippen molar-refractivity contribution in [2.24, 2.45) is 0 Å². The lowest BCUT2D eigenvalue weighted by Gasteiger charge is -2.14. The van der Waals surface area contributed by atoms with E-state index in [1.807, 2.05) is 32.0 Å². The molecule has 5 nitrogen and oxygen atoms in total. The Morgan fingerprint density at radius 1 is 1.30 bits per heavy atom. The molecule has 0 bridgehead atoms. The molecule has 0 saturated carbocycles. The minimum absolute atomic E-state index is 0.101. The van der Waals surface area contributed by atoms with Crippen LogP contribution >= 0.6 is 0 Å². The van der Waals surface area contributed by atoms with Crippen LogP contribution in [-0.2, 0) is 9.59 Å². The molecule has 20 heavy (non-hydrogen) atoms. The van der Waals surface area contributed by atoms with E-state index in [0.717, 1.165) is 12.0 Å². The van der Waals surface area contributed by atoms with E-state index in [0.29, 0.717) is 12.3 Å². The molecule has 0 aliphatic rings. The molecule has 0 heterocycles. The van der Waals surface area contributed by atoms with Gasteiger partial charge in [0, 0.05) is 6.54 Å². The highest BCUT2D eigenvalue weighted by Gasteiger charge is 2.15. The lowest BCUT2D eigenvalue weighted by atomic mass is 10.2. The smallest absolute Gasteiger partial charge is 0.258 e. The lowest BCUT2D eigenvalue weighted by Crippen LogP contribution is -2.46. The predicted molar refractivity (Wildman–Crippen MR) is 77.6 cm³/mol. The molecule has 0 radical (unpaired) electrons. The van der Waals surface area contributed by atoms with Gasteiger partial charge in [0.05, 0.1) is 0 Å². The van der Waals surface area contributed by atoms with Crippen LogP contribution in [0.25, 0.3) is 0 Å². The third-order valence-corrected chi connectivity index (χ3v) is 2.77. The molecule has 1 atom stereocenters. The standard InChI is InChI=1S/C15H22N2O3/c1-4-9-16-15(19)12(3)17-14(18)10-20-13-8-6-5-7-11(13)2/h5-8,12H,4,9-10H2,1-3H3,(H,16,19)(H,17,18)/t12-/m1/s1. The number of hydrogen-bond acceptors (Lipinski definition) is 3. The molecule has 2 amide bonds. The van der Waals surface area contributed by atoms with Gasteiger partial charge < -0.3 is 15.4 Å². The molecule has 0 aliphatic heterocycles. The number of aryl methyl sites for hydroxylation is 1. The first kappa shape index (κ1) is 16.0. The maximum absolute atomic E-state index is 11.7. The number of hydrogen-bond donors (Lipinski definition) is 2. The van der Waals surface area contributed by atoms with Crippen LogP contribution in [0.3, 0.4) is 0 Å². The summed E-state index contributed by atoms with van der Waals surface area (Å²) in [5.74, 6) is 0.175. The quantitative estimate of drug-likeness (QED) is 0.792. The van der Waals surface area contributed by atoms with E-state index in [4.69, 9.17) is 4.74 Å². The fourth-order valence-electron chi connectivity index (χ4n) is 1.61. The normalized spacial score (nSPS) is 11.6. The van der Waals surface area contributed by atoms with Gasteiger partial charge in [-0.2, -0.15) is 0 Å². The van der Waals surface area contributed by atoms with Crippen molar-refractivity contribution in [2.75, 3.05) is 13.2 Å². The van der Waals surface area contributed by atoms with Crippen LogP contribution in [0.2, 0.25) is 0 Å². The van der Waals surface area contributed by atoms with Crippen LogP contribution in [0.5, 0.6) is 5.75 Å². The van der Waals surface area contributed by atoms with E-state index in [-0.39, 0.29) is 18.4 Å². The Kier molecular flexibility index (Phi) is 6.56. The van der Waals surface area contributed by atoms with Crippen LogP contribution in [0, 0.1) is 6.92 Å². The van der Waals surface area contributed by atoms with E-state index in [9.17, 15) is 9.59 Å². The first-order valence-corrected chi connectivity index (χ1v) is 6.80. The monoisotopic (exact) mass is 278 g/mol. The van der Waals surface area contributed by atoms with Gasteiger partial charge in [0.1, 0.15) is 11.8 Å². The number of nitrogens with one attached hydrogen (secondary N) is 2. The average molecular weight is 278 g/mol. The van der Waals surface area contributed by atoms with Gasteiger partial charge in [-0.25, -0.2) is 0 Å². The van der Waals surface area contributed by atoms with Crippen molar-refractivity contribution in [1.29, 1.82) is 0 Å². The second kappa shape index (κ2) is 8.19. The molecular formula is C15H22N2O3. The van der Waals surface area contributed by atoms with Crippen LogP contribution in [0.4, 0.5) is 0 Å². The van der Waals surface area contributed by atoms with Crippen molar-refractivity contribution in [1.82, 2.24) is 10.6 Å². The maximum Gasteiger partial charge on any atom is 0.258 e. The molecule has 0 aromatic heterocycles.